The number of amides is 1. The maximum Gasteiger partial charge on any atom is 0.218 e. The Morgan fingerprint density at radius 2 is 0.436 bits per heavy atom. The fourth-order valence-electron chi connectivity index (χ4n) is 11.6. The molecule has 0 radical (unpaired) electrons. The number of nitrogens with one attached hydrogen (secondary N) is 8. The molecule has 0 bridgehead atoms. The quantitative estimate of drug-likeness (QED) is 0.0193. The van der Waals surface area contributed by atoms with E-state index < -0.39 is 0 Å². The number of carbonyl (C=O) groups excluding carboxylic acids is 1. The van der Waals surface area contributed by atoms with Crippen molar-refractivity contribution in [1.82, 2.24) is 42.5 Å². The Morgan fingerprint density at radius 3 is 0.628 bits per heavy atom. The second kappa shape index (κ2) is 37.8. The molecule has 0 aliphatic carbocycles. The van der Waals surface area contributed by atoms with Gasteiger partial charge in [-0.05, 0) is 193 Å². The Balaban J connectivity index is 1.01. The van der Waals surface area contributed by atoms with E-state index in [4.69, 9.17) is 11.5 Å². The van der Waals surface area contributed by atoms with Crippen LogP contribution in [-0.4, -0.2) is 154 Å². The number of hydrogen-bond donors (Lipinski definition) is 18. The fraction of sp³-hybridized carbons (Fsp3) is 0.347. The zero-order chi connectivity index (χ0) is 66.4. The molecule has 19 heteroatoms. The molecule has 20 N–H and O–H groups in total. The lowest BCUT2D eigenvalue weighted by Crippen LogP contribution is -2.54. The molecule has 0 fully saturated rings. The molecule has 0 aliphatic rings. The van der Waals surface area contributed by atoms with Crippen molar-refractivity contribution in [3.63, 3.8) is 0 Å². The molecule has 500 valence electrons. The van der Waals surface area contributed by atoms with Crippen molar-refractivity contribution < 1.29 is 45.6 Å². The molecule has 8 aromatic carbocycles. The highest BCUT2D eigenvalue weighted by Gasteiger charge is 2.23. The van der Waals surface area contributed by atoms with Crippen molar-refractivity contribution in [3.8, 4) is 46.0 Å². The molecule has 0 aliphatic heterocycles. The van der Waals surface area contributed by atoms with Gasteiger partial charge in [0.1, 0.15) is 46.0 Å². The summed E-state index contributed by atoms with van der Waals surface area (Å²) in [6, 6.07) is 57.2. The molecule has 0 spiro atoms. The number of aromatic hydroxyl groups is 8. The van der Waals surface area contributed by atoms with E-state index in [0.29, 0.717) is 110 Å². The van der Waals surface area contributed by atoms with Gasteiger partial charge in [-0.15, -0.1) is 0 Å². The first kappa shape index (κ1) is 71.1. The SMILES string of the molecule is NC(=O)CCNC[C@H](Cc1ccc(O)cc1)NC[C@H](Cc1ccc(O)cc1)NC[C@H](Cc1ccc(O)cc1)NC[C@H](Cc1ccc(O)cc1)NC[C@H](Cc1ccc(O)cc1)NC[C@H](Cc1ccc(O)cc1)NC[C@H](Cc1ccc(O)cc1)NC[C@@H](N)Cc1ccc(O)cc1. The minimum absolute atomic E-state index is 0.0513. The van der Waals surface area contributed by atoms with E-state index in [2.05, 4.69) is 42.5 Å². The average Bonchev–Trinajstić information content (AvgIpc) is 1.76. The summed E-state index contributed by atoms with van der Waals surface area (Å²) in [6.07, 6.45) is 5.32. The zero-order valence-electron chi connectivity index (χ0n) is 53.5. The Bertz CT molecular complexity index is 3430. The normalized spacial score (nSPS) is 14.1. The van der Waals surface area contributed by atoms with Crippen molar-refractivity contribution in [2.45, 2.75) is 106 Å². The largest absolute Gasteiger partial charge is 0.508 e. The van der Waals surface area contributed by atoms with Crippen molar-refractivity contribution in [2.75, 3.05) is 58.9 Å². The van der Waals surface area contributed by atoms with Crippen molar-refractivity contribution in [2.24, 2.45) is 11.5 Å². The van der Waals surface area contributed by atoms with Crippen molar-refractivity contribution in [1.29, 1.82) is 0 Å². The lowest BCUT2D eigenvalue weighted by atomic mass is 10.0. The van der Waals surface area contributed by atoms with Crippen LogP contribution in [0, 0.1) is 0 Å². The first-order valence-corrected chi connectivity index (χ1v) is 32.6. The van der Waals surface area contributed by atoms with Gasteiger partial charge in [-0.3, -0.25) is 4.79 Å². The van der Waals surface area contributed by atoms with Crippen LogP contribution in [0.3, 0.4) is 0 Å². The van der Waals surface area contributed by atoms with E-state index in [0.717, 1.165) is 44.5 Å². The van der Waals surface area contributed by atoms with E-state index >= 15 is 0 Å². The minimum Gasteiger partial charge on any atom is -0.508 e. The van der Waals surface area contributed by atoms with Gasteiger partial charge in [0.15, 0.2) is 0 Å². The predicted molar refractivity (Wildman–Crippen MR) is 372 cm³/mol. The first-order valence-electron chi connectivity index (χ1n) is 32.6. The Morgan fingerprint density at radius 1 is 0.266 bits per heavy atom. The third kappa shape index (κ3) is 26.7. The number of rotatable bonds is 42. The van der Waals surface area contributed by atoms with E-state index in [1.165, 1.54) is 0 Å². The molecule has 8 atom stereocenters. The summed E-state index contributed by atoms with van der Waals surface area (Å²) in [5.41, 5.74) is 20.5. The summed E-state index contributed by atoms with van der Waals surface area (Å²) in [5.74, 6) is 1.12. The molecular weight excluding hydrogens is 1180 g/mol. The summed E-state index contributed by atoms with van der Waals surface area (Å²) < 4.78 is 0. The number of phenols is 8. The van der Waals surface area contributed by atoms with Gasteiger partial charge in [-0.2, -0.15) is 0 Å². The van der Waals surface area contributed by atoms with Crippen LogP contribution in [0.15, 0.2) is 194 Å². The number of carbonyl (C=O) groups is 1. The van der Waals surface area contributed by atoms with Crippen LogP contribution in [-0.2, 0) is 56.2 Å². The van der Waals surface area contributed by atoms with Crippen LogP contribution < -0.4 is 54.0 Å². The Labute approximate surface area is 552 Å². The minimum atomic E-state index is -0.379. The standard InChI is InChI=1S/C75H96N10O9/c76-59(35-51-1-17-67(86)18-2-51)43-79-61(37-53-5-21-69(88)22-6-53)45-81-63(39-55-9-25-71(90)26-10-55)47-83-65(41-57-13-29-73(92)30-14-57)49-85-66(42-58-15-31-74(93)32-16-58)50-84-64(40-56-11-27-72(91)28-12-56)48-82-62(38-54-7-23-70(89)24-8-54)46-80-60(44-78-34-33-75(77)94)36-52-3-19-68(87)20-4-52/h1-32,59-66,78-93H,33-50,76H2,(H2,77,94)/t59-,60-,61-,62-,63-,64-,65-,66-/m0/s1. The van der Waals surface area contributed by atoms with Crippen molar-refractivity contribution >= 4 is 5.91 Å². The second-order valence-corrected chi connectivity index (χ2v) is 24.9. The summed E-state index contributed by atoms with van der Waals surface area (Å²) in [7, 11) is 0. The summed E-state index contributed by atoms with van der Waals surface area (Å²) in [6.45, 7) is 4.87. The van der Waals surface area contributed by atoms with Gasteiger partial charge in [0.25, 0.3) is 0 Å². The van der Waals surface area contributed by atoms with Gasteiger partial charge in [0.2, 0.25) is 5.91 Å². The molecule has 0 aromatic heterocycles. The molecule has 8 aromatic rings. The van der Waals surface area contributed by atoms with Crippen LogP contribution in [0.4, 0.5) is 0 Å². The highest BCUT2D eigenvalue weighted by Crippen LogP contribution is 2.20. The van der Waals surface area contributed by atoms with Gasteiger partial charge in [0.05, 0.1) is 0 Å². The topological polar surface area (TPSA) is 327 Å². The van der Waals surface area contributed by atoms with Gasteiger partial charge in [0, 0.05) is 114 Å². The smallest absolute Gasteiger partial charge is 0.218 e. The molecule has 0 saturated heterocycles. The van der Waals surface area contributed by atoms with E-state index in [1.807, 2.05) is 97.1 Å². The molecule has 0 saturated carbocycles. The monoisotopic (exact) mass is 1280 g/mol. The molecule has 19 nitrogen and oxygen atoms in total. The zero-order valence-corrected chi connectivity index (χ0v) is 53.5. The van der Waals surface area contributed by atoms with E-state index in [1.54, 1.807) is 97.1 Å². The summed E-state index contributed by atoms with van der Waals surface area (Å²) in [5, 5.41) is 112. The van der Waals surface area contributed by atoms with Crippen LogP contribution >= 0.6 is 0 Å². The van der Waals surface area contributed by atoms with Gasteiger partial charge < -0.3 is 94.9 Å². The average molecular weight is 1280 g/mol. The second-order valence-electron chi connectivity index (χ2n) is 24.9. The third-order valence-corrected chi connectivity index (χ3v) is 16.9. The Hall–Kier alpha value is -8.73. The number of nitrogens with two attached hydrogens (primary N) is 2. The molecule has 0 heterocycles. The lowest BCUT2D eigenvalue weighted by molar-refractivity contribution is -0.117. The summed E-state index contributed by atoms with van der Waals surface area (Å²) in [4.78, 5) is 11.6. The first-order chi connectivity index (χ1) is 45.5. The summed E-state index contributed by atoms with van der Waals surface area (Å²) >= 11 is 0. The number of hydrogen-bond acceptors (Lipinski definition) is 18. The van der Waals surface area contributed by atoms with Gasteiger partial charge in [-0.25, -0.2) is 0 Å². The third-order valence-electron chi connectivity index (χ3n) is 16.9. The Kier molecular flexibility index (Phi) is 28.6. The molecule has 8 rings (SSSR count). The van der Waals surface area contributed by atoms with E-state index in [9.17, 15) is 45.6 Å². The number of benzene rings is 8. The van der Waals surface area contributed by atoms with Gasteiger partial charge in [-0.1, -0.05) is 97.1 Å². The van der Waals surface area contributed by atoms with E-state index in [-0.39, 0.29) is 107 Å². The van der Waals surface area contributed by atoms with Crippen molar-refractivity contribution in [3.05, 3.63) is 239 Å². The number of phenolic OH excluding ortho intramolecular Hbond substituents is 8. The molecule has 0 unspecified atom stereocenters. The maximum atomic E-state index is 11.6. The van der Waals surface area contributed by atoms with Gasteiger partial charge >= 0.3 is 0 Å². The highest BCUT2D eigenvalue weighted by atomic mass is 16.3. The number of primary amides is 1. The fourth-order valence-corrected chi connectivity index (χ4v) is 11.6. The predicted octanol–water partition coefficient (Wildman–Crippen LogP) is 6.07. The highest BCUT2D eigenvalue weighted by molar-refractivity contribution is 5.73. The van der Waals surface area contributed by atoms with Crippen LogP contribution in [0.25, 0.3) is 0 Å². The maximum absolute atomic E-state index is 11.6. The molecule has 1 amide bonds. The van der Waals surface area contributed by atoms with Crippen LogP contribution in [0.1, 0.15) is 50.9 Å². The molecular formula is C75H96N10O9. The van der Waals surface area contributed by atoms with Crippen LogP contribution in [0.2, 0.25) is 0 Å². The van der Waals surface area contributed by atoms with Crippen LogP contribution in [0.5, 0.6) is 46.0 Å². The molecule has 94 heavy (non-hydrogen) atoms. The lowest BCUT2D eigenvalue weighted by Gasteiger charge is -2.30.